The van der Waals surface area contributed by atoms with Gasteiger partial charge in [0.15, 0.2) is 5.82 Å². The van der Waals surface area contributed by atoms with Crippen LogP contribution in [0.3, 0.4) is 0 Å². The third kappa shape index (κ3) is 3.08. The van der Waals surface area contributed by atoms with Crippen molar-refractivity contribution in [2.75, 3.05) is 0 Å². The van der Waals surface area contributed by atoms with Gasteiger partial charge in [0.1, 0.15) is 5.75 Å². The monoisotopic (exact) mass is 330 g/mol. The van der Waals surface area contributed by atoms with Gasteiger partial charge in [0, 0.05) is 10.6 Å². The summed E-state index contributed by atoms with van der Waals surface area (Å²) in [5.74, 6) is 0.777. The molecule has 0 unspecified atom stereocenters. The van der Waals surface area contributed by atoms with Gasteiger partial charge in [0.25, 0.3) is 0 Å². The summed E-state index contributed by atoms with van der Waals surface area (Å²) < 4.78 is 1.90. The fourth-order valence-electron chi connectivity index (χ4n) is 1.90. The maximum Gasteiger partial charge on any atom is 0.216 e. The molecule has 0 radical (unpaired) electrons. The Morgan fingerprint density at radius 3 is 2.73 bits per heavy atom. The van der Waals surface area contributed by atoms with E-state index in [-0.39, 0.29) is 5.75 Å². The van der Waals surface area contributed by atoms with Gasteiger partial charge in [-0.05, 0) is 54.2 Å². The van der Waals surface area contributed by atoms with Crippen molar-refractivity contribution in [2.24, 2.45) is 5.10 Å². The average Bonchev–Trinajstić information content (AvgIpc) is 2.88. The fraction of sp³-hybridized carbons (Fsp3) is 0. The Balaban J connectivity index is 1.99. The molecule has 0 amide bonds. The Morgan fingerprint density at radius 2 is 2.00 bits per heavy atom. The first-order chi connectivity index (χ1) is 10.6. The van der Waals surface area contributed by atoms with Crippen molar-refractivity contribution in [1.82, 2.24) is 14.9 Å². The molecule has 0 saturated heterocycles. The van der Waals surface area contributed by atoms with E-state index in [1.165, 1.54) is 4.68 Å². The number of benzene rings is 2. The second-order valence-corrected chi connectivity index (χ2v) is 5.33. The number of phenols is 1. The highest BCUT2D eigenvalue weighted by Gasteiger charge is 2.08. The smallest absolute Gasteiger partial charge is 0.216 e. The second kappa shape index (κ2) is 6.13. The maximum absolute atomic E-state index is 9.28. The van der Waals surface area contributed by atoms with Crippen LogP contribution in [0, 0.1) is 4.77 Å². The molecule has 0 spiro atoms. The Hall–Kier alpha value is -2.44. The highest BCUT2D eigenvalue weighted by atomic mass is 35.5. The number of H-pyrrole nitrogens is 1. The molecule has 5 nitrogen and oxygen atoms in total. The van der Waals surface area contributed by atoms with Gasteiger partial charge < -0.3 is 5.11 Å². The molecule has 0 aliphatic carbocycles. The number of aromatic nitrogens is 3. The quantitative estimate of drug-likeness (QED) is 0.566. The van der Waals surface area contributed by atoms with E-state index in [2.05, 4.69) is 15.3 Å². The van der Waals surface area contributed by atoms with E-state index in [0.717, 1.165) is 11.1 Å². The summed E-state index contributed by atoms with van der Waals surface area (Å²) in [6.07, 6.45) is 1.64. The van der Waals surface area contributed by atoms with E-state index in [0.29, 0.717) is 15.6 Å². The van der Waals surface area contributed by atoms with Crippen molar-refractivity contribution >= 4 is 30.0 Å². The Bertz CT molecular complexity index is 883. The summed E-state index contributed by atoms with van der Waals surface area (Å²) in [5, 5.41) is 21.1. The molecule has 0 saturated carbocycles. The number of hydrogen-bond donors (Lipinski definition) is 2. The summed E-state index contributed by atoms with van der Waals surface area (Å²) in [7, 11) is 0. The molecular weight excluding hydrogens is 320 g/mol. The minimum absolute atomic E-state index is 0.205. The lowest BCUT2D eigenvalue weighted by Gasteiger charge is -2.01. The van der Waals surface area contributed by atoms with Gasteiger partial charge in [0.2, 0.25) is 4.77 Å². The SMILES string of the molecule is Oc1ccc(C=Nn2c(-c3cccc(Cl)c3)n[nH]c2=S)cc1. The first-order valence-electron chi connectivity index (χ1n) is 6.40. The van der Waals surface area contributed by atoms with E-state index >= 15 is 0 Å². The summed E-state index contributed by atoms with van der Waals surface area (Å²) in [4.78, 5) is 0. The summed E-state index contributed by atoms with van der Waals surface area (Å²) >= 11 is 11.2. The number of nitrogens with zero attached hydrogens (tertiary/aromatic N) is 3. The van der Waals surface area contributed by atoms with Gasteiger partial charge in [0.05, 0.1) is 6.21 Å². The summed E-state index contributed by atoms with van der Waals surface area (Å²) in [6, 6.07) is 14.0. The van der Waals surface area contributed by atoms with Gasteiger partial charge in [-0.3, -0.25) is 0 Å². The van der Waals surface area contributed by atoms with Gasteiger partial charge in [-0.1, -0.05) is 23.7 Å². The van der Waals surface area contributed by atoms with Crippen LogP contribution in [0.25, 0.3) is 11.4 Å². The van der Waals surface area contributed by atoms with Gasteiger partial charge in [-0.15, -0.1) is 0 Å². The molecule has 2 N–H and O–H groups in total. The van der Waals surface area contributed by atoms with Crippen molar-refractivity contribution in [3.05, 3.63) is 63.9 Å². The van der Waals surface area contributed by atoms with Crippen molar-refractivity contribution in [1.29, 1.82) is 0 Å². The molecule has 0 atom stereocenters. The molecule has 3 rings (SSSR count). The summed E-state index contributed by atoms with van der Waals surface area (Å²) in [6.45, 7) is 0. The van der Waals surface area contributed by atoms with Crippen molar-refractivity contribution < 1.29 is 5.11 Å². The molecule has 3 aromatic rings. The van der Waals surface area contributed by atoms with Gasteiger partial charge in [-0.25, -0.2) is 5.10 Å². The molecule has 0 bridgehead atoms. The standard InChI is InChI=1S/C15H11ClN4OS/c16-12-3-1-2-11(8-12)14-18-19-15(22)20(14)17-9-10-4-6-13(21)7-5-10/h1-9,21H,(H,19,22). The van der Waals surface area contributed by atoms with Crippen LogP contribution in [0.1, 0.15) is 5.56 Å². The Morgan fingerprint density at radius 1 is 1.23 bits per heavy atom. The Labute approximate surface area is 136 Å². The number of rotatable bonds is 3. The zero-order valence-corrected chi connectivity index (χ0v) is 12.8. The molecular formula is C15H11ClN4OS. The second-order valence-electron chi connectivity index (χ2n) is 4.51. The van der Waals surface area contributed by atoms with Crippen molar-refractivity contribution in [2.45, 2.75) is 0 Å². The molecule has 0 aliphatic heterocycles. The molecule has 22 heavy (non-hydrogen) atoms. The molecule has 2 aromatic carbocycles. The van der Waals surface area contributed by atoms with Crippen LogP contribution < -0.4 is 0 Å². The molecule has 1 aromatic heterocycles. The average molecular weight is 331 g/mol. The number of aromatic hydroxyl groups is 1. The van der Waals surface area contributed by atoms with E-state index in [1.807, 2.05) is 12.1 Å². The normalized spacial score (nSPS) is 11.1. The number of hydrogen-bond acceptors (Lipinski definition) is 4. The zero-order valence-electron chi connectivity index (χ0n) is 11.3. The van der Waals surface area contributed by atoms with Gasteiger partial charge in [-0.2, -0.15) is 14.9 Å². The van der Waals surface area contributed by atoms with Crippen LogP contribution in [0.15, 0.2) is 53.6 Å². The highest BCUT2D eigenvalue weighted by molar-refractivity contribution is 7.71. The predicted molar refractivity (Wildman–Crippen MR) is 89.0 cm³/mol. The van der Waals surface area contributed by atoms with Crippen LogP contribution in [-0.4, -0.2) is 26.2 Å². The van der Waals surface area contributed by atoms with Crippen LogP contribution in [-0.2, 0) is 0 Å². The third-order valence-electron chi connectivity index (χ3n) is 2.95. The highest BCUT2D eigenvalue weighted by Crippen LogP contribution is 2.21. The zero-order chi connectivity index (χ0) is 15.5. The van der Waals surface area contributed by atoms with E-state index < -0.39 is 0 Å². The molecule has 7 heteroatoms. The minimum atomic E-state index is 0.205. The minimum Gasteiger partial charge on any atom is -0.508 e. The molecule has 1 heterocycles. The van der Waals surface area contributed by atoms with Crippen LogP contribution in [0.5, 0.6) is 5.75 Å². The van der Waals surface area contributed by atoms with Gasteiger partial charge >= 0.3 is 0 Å². The number of nitrogens with one attached hydrogen (secondary N) is 1. The lowest BCUT2D eigenvalue weighted by Crippen LogP contribution is -1.95. The number of aromatic amines is 1. The molecule has 110 valence electrons. The number of halogens is 1. The predicted octanol–water partition coefficient (Wildman–Crippen LogP) is 3.85. The third-order valence-corrected chi connectivity index (χ3v) is 3.45. The van der Waals surface area contributed by atoms with E-state index in [9.17, 15) is 5.11 Å². The lowest BCUT2D eigenvalue weighted by atomic mass is 10.2. The lowest BCUT2D eigenvalue weighted by molar-refractivity contribution is 0.475. The topological polar surface area (TPSA) is 66.2 Å². The van der Waals surface area contributed by atoms with Crippen LogP contribution >= 0.6 is 23.8 Å². The molecule has 0 fully saturated rings. The first-order valence-corrected chi connectivity index (χ1v) is 7.19. The Kier molecular flexibility index (Phi) is 4.04. The maximum atomic E-state index is 9.28. The largest absolute Gasteiger partial charge is 0.508 e. The van der Waals surface area contributed by atoms with Crippen molar-refractivity contribution in [3.63, 3.8) is 0 Å². The summed E-state index contributed by atoms with van der Waals surface area (Å²) in [5.41, 5.74) is 1.64. The van der Waals surface area contributed by atoms with E-state index in [1.54, 1.807) is 42.6 Å². The van der Waals surface area contributed by atoms with Crippen molar-refractivity contribution in [3.8, 4) is 17.1 Å². The van der Waals surface area contributed by atoms with Crippen LogP contribution in [0.2, 0.25) is 5.02 Å². The fourth-order valence-corrected chi connectivity index (χ4v) is 2.27. The number of phenolic OH excluding ortho intramolecular Hbond substituents is 1. The van der Waals surface area contributed by atoms with Crippen LogP contribution in [0.4, 0.5) is 0 Å². The first kappa shape index (κ1) is 14.5. The molecule has 0 aliphatic rings. The van der Waals surface area contributed by atoms with E-state index in [4.69, 9.17) is 23.8 Å².